The molecule has 0 aliphatic carbocycles. The molecule has 0 aromatic heterocycles. The second-order valence-corrected chi connectivity index (χ2v) is 5.65. The van der Waals surface area contributed by atoms with Crippen molar-refractivity contribution >= 4 is 73.2 Å². The van der Waals surface area contributed by atoms with E-state index >= 15 is 0 Å². The van der Waals surface area contributed by atoms with E-state index < -0.39 is 0 Å². The summed E-state index contributed by atoms with van der Waals surface area (Å²) in [7, 11) is 0. The van der Waals surface area contributed by atoms with E-state index in [-0.39, 0.29) is 0 Å². The molecule has 0 atom stereocenters. The maximum atomic E-state index is 6.12. The van der Waals surface area contributed by atoms with E-state index in [9.17, 15) is 0 Å². The highest BCUT2D eigenvalue weighted by atomic mass is 127. The van der Waals surface area contributed by atoms with Crippen molar-refractivity contribution in [3.05, 3.63) is 36.4 Å². The van der Waals surface area contributed by atoms with Crippen LogP contribution in [0.1, 0.15) is 0 Å². The summed E-state index contributed by atoms with van der Waals surface area (Å²) in [5, 5.41) is 2.80. The van der Waals surface area contributed by atoms with Crippen LogP contribution >= 0.6 is 56.8 Å². The largest absolute Gasteiger partial charge is 0.397 e. The maximum absolute atomic E-state index is 6.12. The number of rotatable bonds is 0. The molecule has 1 nitrogen and oxygen atoms in total. The lowest BCUT2D eigenvalue weighted by atomic mass is 10.1. The van der Waals surface area contributed by atoms with Crippen molar-refractivity contribution in [1.29, 1.82) is 0 Å². The summed E-state index contributed by atoms with van der Waals surface area (Å²) in [5.41, 5.74) is 6.76. The standard InChI is InChI=1S/C10H6ClI2N/c11-6-3-1-2-5-7(12)4-8(13)10(14)9(5)6/h1-4H,14H2. The van der Waals surface area contributed by atoms with Crippen molar-refractivity contribution in [2.45, 2.75) is 0 Å². The fourth-order valence-corrected chi connectivity index (χ4v) is 3.60. The molecule has 0 bridgehead atoms. The molecule has 2 N–H and O–H groups in total. The molecule has 2 aromatic carbocycles. The second-order valence-electron chi connectivity index (χ2n) is 2.92. The van der Waals surface area contributed by atoms with Crippen molar-refractivity contribution < 1.29 is 0 Å². The molecule has 0 unspecified atom stereocenters. The van der Waals surface area contributed by atoms with E-state index in [4.69, 9.17) is 17.3 Å². The van der Waals surface area contributed by atoms with Crippen molar-refractivity contribution in [1.82, 2.24) is 0 Å². The minimum Gasteiger partial charge on any atom is -0.397 e. The van der Waals surface area contributed by atoms with Gasteiger partial charge in [0.05, 0.1) is 10.7 Å². The van der Waals surface area contributed by atoms with E-state index in [1.165, 1.54) is 3.57 Å². The number of halogens is 3. The molecule has 0 amide bonds. The Morgan fingerprint density at radius 3 is 2.57 bits per heavy atom. The highest BCUT2D eigenvalue weighted by Gasteiger charge is 2.08. The lowest BCUT2D eigenvalue weighted by Crippen LogP contribution is -1.93. The SMILES string of the molecule is Nc1c(I)cc(I)c2cccc(Cl)c12. The summed E-state index contributed by atoms with van der Waals surface area (Å²) in [6.45, 7) is 0. The molecule has 4 heteroatoms. The van der Waals surface area contributed by atoms with Gasteiger partial charge in [-0.25, -0.2) is 0 Å². The highest BCUT2D eigenvalue weighted by molar-refractivity contribution is 14.1. The Morgan fingerprint density at radius 1 is 1.14 bits per heavy atom. The van der Waals surface area contributed by atoms with E-state index in [1.807, 2.05) is 18.2 Å². The van der Waals surface area contributed by atoms with Crippen LogP contribution in [0.2, 0.25) is 5.02 Å². The Hall–Kier alpha value is 0.250. The molecule has 0 aliphatic heterocycles. The Morgan fingerprint density at radius 2 is 1.86 bits per heavy atom. The number of fused-ring (bicyclic) bond motifs is 1. The highest BCUT2D eigenvalue weighted by Crippen LogP contribution is 2.34. The smallest absolute Gasteiger partial charge is 0.0545 e. The zero-order chi connectivity index (χ0) is 10.3. The molecule has 14 heavy (non-hydrogen) atoms. The van der Waals surface area contributed by atoms with E-state index in [0.717, 1.165) is 25.1 Å². The number of anilines is 1. The van der Waals surface area contributed by atoms with Gasteiger partial charge in [-0.15, -0.1) is 0 Å². The van der Waals surface area contributed by atoms with Gasteiger partial charge in [-0.3, -0.25) is 0 Å². The number of hydrogen-bond acceptors (Lipinski definition) is 1. The molecule has 0 heterocycles. The molecule has 2 rings (SSSR count). The molecule has 0 saturated carbocycles. The van der Waals surface area contributed by atoms with Gasteiger partial charge >= 0.3 is 0 Å². The van der Waals surface area contributed by atoms with Gasteiger partial charge in [0, 0.05) is 12.5 Å². The summed E-state index contributed by atoms with van der Waals surface area (Å²) >= 11 is 10.6. The number of benzene rings is 2. The average Bonchev–Trinajstić information content (AvgIpc) is 2.14. The molecule has 0 spiro atoms. The minimum atomic E-state index is 0.719. The number of nitrogens with two attached hydrogens (primary N) is 1. The Balaban J connectivity index is 3.03. The van der Waals surface area contributed by atoms with Gasteiger partial charge in [0.1, 0.15) is 0 Å². The summed E-state index contributed by atoms with van der Waals surface area (Å²) in [4.78, 5) is 0. The first-order valence-corrected chi connectivity index (χ1v) is 6.46. The molecule has 0 saturated heterocycles. The van der Waals surface area contributed by atoms with Crippen molar-refractivity contribution in [2.75, 3.05) is 5.73 Å². The van der Waals surface area contributed by atoms with Gasteiger partial charge in [0.25, 0.3) is 0 Å². The summed E-state index contributed by atoms with van der Waals surface area (Å²) in [5.74, 6) is 0. The van der Waals surface area contributed by atoms with Crippen molar-refractivity contribution in [2.24, 2.45) is 0 Å². The van der Waals surface area contributed by atoms with E-state index in [1.54, 1.807) is 0 Å². The van der Waals surface area contributed by atoms with Crippen LogP contribution in [-0.2, 0) is 0 Å². The zero-order valence-electron chi connectivity index (χ0n) is 7.02. The lowest BCUT2D eigenvalue weighted by molar-refractivity contribution is 1.64. The van der Waals surface area contributed by atoms with Crippen LogP contribution in [0.3, 0.4) is 0 Å². The quantitative estimate of drug-likeness (QED) is 0.491. The predicted molar refractivity (Wildman–Crippen MR) is 78.8 cm³/mol. The van der Waals surface area contributed by atoms with Gasteiger partial charge in [-0.2, -0.15) is 0 Å². The van der Waals surface area contributed by atoms with Gasteiger partial charge in [-0.1, -0.05) is 23.7 Å². The summed E-state index contributed by atoms with van der Waals surface area (Å²) in [6, 6.07) is 7.91. The van der Waals surface area contributed by atoms with Gasteiger partial charge in [0.2, 0.25) is 0 Å². The molecular weight excluding hydrogens is 423 g/mol. The van der Waals surface area contributed by atoms with Crippen LogP contribution in [0.25, 0.3) is 10.8 Å². The fraction of sp³-hybridized carbons (Fsp3) is 0. The summed E-state index contributed by atoms with van der Waals surface area (Å²) in [6.07, 6.45) is 0. The minimum absolute atomic E-state index is 0.719. The molecule has 0 fully saturated rings. The molecule has 72 valence electrons. The van der Waals surface area contributed by atoms with E-state index in [2.05, 4.69) is 51.2 Å². The Labute approximate surface area is 114 Å². The third-order valence-corrected chi connectivity index (χ3v) is 4.15. The maximum Gasteiger partial charge on any atom is 0.0545 e. The Kier molecular flexibility index (Phi) is 3.09. The summed E-state index contributed by atoms with van der Waals surface area (Å²) < 4.78 is 2.23. The number of hydrogen-bond donors (Lipinski definition) is 1. The second kappa shape index (κ2) is 4.02. The van der Waals surface area contributed by atoms with Gasteiger partial charge in [-0.05, 0) is 62.7 Å². The molecular formula is C10H6ClI2N. The Bertz CT molecular complexity index is 511. The fourth-order valence-electron chi connectivity index (χ4n) is 1.38. The first-order valence-electron chi connectivity index (χ1n) is 3.93. The zero-order valence-corrected chi connectivity index (χ0v) is 12.1. The van der Waals surface area contributed by atoms with Crippen LogP contribution < -0.4 is 5.73 Å². The van der Waals surface area contributed by atoms with Crippen LogP contribution in [-0.4, -0.2) is 0 Å². The normalized spacial score (nSPS) is 10.8. The van der Waals surface area contributed by atoms with Crippen LogP contribution in [0, 0.1) is 7.14 Å². The topological polar surface area (TPSA) is 26.0 Å². The van der Waals surface area contributed by atoms with Crippen molar-refractivity contribution in [3.63, 3.8) is 0 Å². The molecule has 0 radical (unpaired) electrons. The third-order valence-electron chi connectivity index (χ3n) is 2.05. The van der Waals surface area contributed by atoms with Gasteiger partial charge < -0.3 is 5.73 Å². The van der Waals surface area contributed by atoms with Crippen LogP contribution in [0.5, 0.6) is 0 Å². The first-order chi connectivity index (χ1) is 6.61. The van der Waals surface area contributed by atoms with Crippen LogP contribution in [0.4, 0.5) is 5.69 Å². The van der Waals surface area contributed by atoms with Gasteiger partial charge in [0.15, 0.2) is 0 Å². The predicted octanol–water partition coefficient (Wildman–Crippen LogP) is 4.28. The monoisotopic (exact) mass is 429 g/mol. The third kappa shape index (κ3) is 1.69. The average molecular weight is 429 g/mol. The van der Waals surface area contributed by atoms with Crippen molar-refractivity contribution in [3.8, 4) is 0 Å². The molecule has 2 aromatic rings. The number of nitrogen functional groups attached to an aromatic ring is 1. The lowest BCUT2D eigenvalue weighted by Gasteiger charge is -2.08. The first kappa shape index (κ1) is 10.8. The molecule has 0 aliphatic rings. The van der Waals surface area contributed by atoms with Crippen LogP contribution in [0.15, 0.2) is 24.3 Å². The van der Waals surface area contributed by atoms with E-state index in [0.29, 0.717) is 0 Å².